The Morgan fingerprint density at radius 1 is 1.19 bits per heavy atom. The van der Waals surface area contributed by atoms with E-state index in [9.17, 15) is 14.9 Å². The minimum atomic E-state index is -0.547. The Morgan fingerprint density at radius 2 is 1.90 bits per heavy atom. The topological polar surface area (TPSA) is 109 Å². The van der Waals surface area contributed by atoms with Crippen LogP contribution in [0, 0.1) is 17.0 Å². The Kier molecular flexibility index (Phi) is 4.30. The number of nitrogens with zero attached hydrogens (tertiary/aromatic N) is 2. The summed E-state index contributed by atoms with van der Waals surface area (Å²) < 4.78 is 0. The standard InChI is InChI=1S/C13H13N5O3/c1-9-2-4-10(5-3-9)15-13(19)17-16-12-7-6-11(8-14-12)18(20)21/h2-8H,1H3,(H,14,16)(H2,15,17,19). The van der Waals surface area contributed by atoms with Crippen LogP contribution in [0.15, 0.2) is 42.6 Å². The van der Waals surface area contributed by atoms with Crippen molar-refractivity contribution in [3.05, 3.63) is 58.3 Å². The molecule has 0 saturated carbocycles. The number of aryl methyl sites for hydroxylation is 1. The zero-order chi connectivity index (χ0) is 15.2. The van der Waals surface area contributed by atoms with Gasteiger partial charge in [0.2, 0.25) is 0 Å². The Labute approximate surface area is 120 Å². The molecule has 0 fully saturated rings. The Morgan fingerprint density at radius 3 is 2.48 bits per heavy atom. The molecular formula is C13H13N5O3. The number of hydrazine groups is 1. The summed E-state index contributed by atoms with van der Waals surface area (Å²) in [6.45, 7) is 1.95. The van der Waals surface area contributed by atoms with Crippen LogP contribution in [0.2, 0.25) is 0 Å². The molecule has 8 nitrogen and oxygen atoms in total. The third kappa shape index (κ3) is 4.16. The van der Waals surface area contributed by atoms with Gasteiger partial charge in [0.05, 0.1) is 4.92 Å². The maximum Gasteiger partial charge on any atom is 0.337 e. The van der Waals surface area contributed by atoms with Crippen LogP contribution >= 0.6 is 0 Å². The van der Waals surface area contributed by atoms with Gasteiger partial charge in [-0.2, -0.15) is 0 Å². The largest absolute Gasteiger partial charge is 0.337 e. The van der Waals surface area contributed by atoms with Crippen LogP contribution in [0.5, 0.6) is 0 Å². The summed E-state index contributed by atoms with van der Waals surface area (Å²) in [6.07, 6.45) is 1.10. The van der Waals surface area contributed by atoms with E-state index in [1.54, 1.807) is 12.1 Å². The van der Waals surface area contributed by atoms with Crippen LogP contribution in [-0.4, -0.2) is 15.9 Å². The van der Waals surface area contributed by atoms with Gasteiger partial charge < -0.3 is 5.32 Å². The van der Waals surface area contributed by atoms with Gasteiger partial charge in [-0.15, -0.1) is 0 Å². The van der Waals surface area contributed by atoms with E-state index < -0.39 is 11.0 Å². The highest BCUT2D eigenvalue weighted by Crippen LogP contribution is 2.11. The van der Waals surface area contributed by atoms with Gasteiger partial charge in [-0.25, -0.2) is 9.78 Å². The van der Waals surface area contributed by atoms with E-state index in [2.05, 4.69) is 21.2 Å². The Bertz CT molecular complexity index is 640. The SMILES string of the molecule is Cc1ccc(NC(=O)NNc2ccc([N+](=O)[O-])cn2)cc1. The van der Waals surface area contributed by atoms with E-state index >= 15 is 0 Å². The average Bonchev–Trinajstić information content (AvgIpc) is 2.48. The molecule has 2 amide bonds. The first-order chi connectivity index (χ1) is 10.0. The molecule has 0 aliphatic carbocycles. The number of urea groups is 1. The molecule has 3 N–H and O–H groups in total. The lowest BCUT2D eigenvalue weighted by atomic mass is 10.2. The zero-order valence-electron chi connectivity index (χ0n) is 11.2. The molecule has 21 heavy (non-hydrogen) atoms. The molecule has 0 aliphatic rings. The van der Waals surface area contributed by atoms with Gasteiger partial charge in [0.1, 0.15) is 12.0 Å². The van der Waals surface area contributed by atoms with Gasteiger partial charge in [-0.05, 0) is 25.1 Å². The molecule has 1 aromatic carbocycles. The highest BCUT2D eigenvalue weighted by Gasteiger charge is 2.06. The number of pyridine rings is 1. The van der Waals surface area contributed by atoms with Crippen molar-refractivity contribution in [1.29, 1.82) is 0 Å². The molecule has 0 aliphatic heterocycles. The van der Waals surface area contributed by atoms with Gasteiger partial charge in [0, 0.05) is 11.8 Å². The number of anilines is 2. The fourth-order valence-corrected chi connectivity index (χ4v) is 1.49. The molecule has 1 heterocycles. The molecule has 0 saturated heterocycles. The maximum atomic E-state index is 11.6. The number of aromatic nitrogens is 1. The van der Waals surface area contributed by atoms with Crippen LogP contribution in [0.1, 0.15) is 5.56 Å². The van der Waals surface area contributed by atoms with Gasteiger partial charge in [-0.1, -0.05) is 17.7 Å². The van der Waals surface area contributed by atoms with Crippen molar-refractivity contribution in [2.24, 2.45) is 0 Å². The summed E-state index contributed by atoms with van der Waals surface area (Å²) in [6, 6.07) is 9.51. The van der Waals surface area contributed by atoms with Crippen molar-refractivity contribution in [1.82, 2.24) is 10.4 Å². The minimum absolute atomic E-state index is 0.121. The highest BCUT2D eigenvalue weighted by molar-refractivity contribution is 5.89. The number of nitro groups is 1. The number of rotatable bonds is 4. The van der Waals surface area contributed by atoms with Crippen LogP contribution in [0.3, 0.4) is 0 Å². The van der Waals surface area contributed by atoms with Gasteiger partial charge in [-0.3, -0.25) is 21.0 Å². The Hall–Kier alpha value is -3.16. The number of benzene rings is 1. The summed E-state index contributed by atoms with van der Waals surface area (Å²) in [5.74, 6) is 0.291. The molecular weight excluding hydrogens is 274 g/mol. The van der Waals surface area contributed by atoms with Crippen LogP contribution in [-0.2, 0) is 0 Å². The smallest absolute Gasteiger partial charge is 0.307 e. The lowest BCUT2D eigenvalue weighted by Gasteiger charge is -2.09. The van der Waals surface area contributed by atoms with E-state index in [0.29, 0.717) is 11.5 Å². The lowest BCUT2D eigenvalue weighted by molar-refractivity contribution is -0.385. The van der Waals surface area contributed by atoms with Crippen molar-refractivity contribution in [3.8, 4) is 0 Å². The predicted molar refractivity (Wildman–Crippen MR) is 77.8 cm³/mol. The van der Waals surface area contributed by atoms with E-state index in [1.165, 1.54) is 12.1 Å². The number of carbonyl (C=O) groups excluding carboxylic acids is 1. The molecule has 0 spiro atoms. The highest BCUT2D eigenvalue weighted by atomic mass is 16.6. The van der Waals surface area contributed by atoms with Crippen molar-refractivity contribution < 1.29 is 9.72 Å². The van der Waals surface area contributed by atoms with Crippen molar-refractivity contribution >= 4 is 23.2 Å². The van der Waals surface area contributed by atoms with E-state index in [1.807, 2.05) is 19.1 Å². The summed E-state index contributed by atoms with van der Waals surface area (Å²) in [5, 5.41) is 13.1. The van der Waals surface area contributed by atoms with E-state index in [-0.39, 0.29) is 5.69 Å². The van der Waals surface area contributed by atoms with Gasteiger partial charge >= 0.3 is 6.03 Å². The minimum Gasteiger partial charge on any atom is -0.307 e. The van der Waals surface area contributed by atoms with Crippen LogP contribution in [0.25, 0.3) is 0 Å². The predicted octanol–water partition coefficient (Wildman–Crippen LogP) is 2.45. The number of nitrogens with one attached hydrogen (secondary N) is 3. The number of carbonyl (C=O) groups is 1. The molecule has 108 valence electrons. The second-order valence-corrected chi connectivity index (χ2v) is 4.23. The monoisotopic (exact) mass is 287 g/mol. The second kappa shape index (κ2) is 6.33. The summed E-state index contributed by atoms with van der Waals surface area (Å²) in [7, 11) is 0. The number of hydrogen-bond donors (Lipinski definition) is 3. The van der Waals surface area contributed by atoms with E-state index in [4.69, 9.17) is 0 Å². The van der Waals surface area contributed by atoms with Crippen molar-refractivity contribution in [2.45, 2.75) is 6.92 Å². The molecule has 2 aromatic rings. The lowest BCUT2D eigenvalue weighted by Crippen LogP contribution is -2.33. The van der Waals surface area contributed by atoms with Gasteiger partial charge in [0.25, 0.3) is 5.69 Å². The first-order valence-corrected chi connectivity index (χ1v) is 6.05. The molecule has 2 rings (SSSR count). The molecule has 0 unspecified atom stereocenters. The molecule has 0 radical (unpaired) electrons. The van der Waals surface area contributed by atoms with Crippen molar-refractivity contribution in [2.75, 3.05) is 10.7 Å². The number of hydrogen-bond acceptors (Lipinski definition) is 5. The molecule has 0 bridgehead atoms. The van der Waals surface area contributed by atoms with Crippen molar-refractivity contribution in [3.63, 3.8) is 0 Å². The molecule has 1 aromatic heterocycles. The van der Waals surface area contributed by atoms with Crippen LogP contribution < -0.4 is 16.2 Å². The zero-order valence-corrected chi connectivity index (χ0v) is 11.2. The maximum absolute atomic E-state index is 11.6. The fraction of sp³-hybridized carbons (Fsp3) is 0.0769. The van der Waals surface area contributed by atoms with Gasteiger partial charge in [0.15, 0.2) is 0 Å². The molecule has 0 atom stereocenters. The second-order valence-electron chi connectivity index (χ2n) is 4.23. The quantitative estimate of drug-likeness (QED) is 0.591. The fourth-order valence-electron chi connectivity index (χ4n) is 1.49. The third-order valence-electron chi connectivity index (χ3n) is 2.57. The normalized spacial score (nSPS) is 9.76. The first kappa shape index (κ1) is 14.3. The average molecular weight is 287 g/mol. The summed E-state index contributed by atoms with van der Waals surface area (Å²) >= 11 is 0. The molecule has 8 heteroatoms. The summed E-state index contributed by atoms with van der Waals surface area (Å²) in [4.78, 5) is 25.3. The third-order valence-corrected chi connectivity index (χ3v) is 2.57. The Balaban J connectivity index is 1.86. The first-order valence-electron chi connectivity index (χ1n) is 6.05. The number of amides is 2. The summed E-state index contributed by atoms with van der Waals surface area (Å²) in [5.41, 5.74) is 6.55. The van der Waals surface area contributed by atoms with Crippen LogP contribution in [0.4, 0.5) is 22.0 Å². The van der Waals surface area contributed by atoms with E-state index in [0.717, 1.165) is 11.8 Å².